The number of nitrogens with zero attached hydrogens (tertiary/aromatic N) is 2. The van der Waals surface area contributed by atoms with Crippen LogP contribution in [0.4, 0.5) is 17.1 Å². The predicted molar refractivity (Wildman–Crippen MR) is 118 cm³/mol. The number of thiophene rings is 1. The molecule has 2 aromatic rings. The summed E-state index contributed by atoms with van der Waals surface area (Å²) in [6, 6.07) is 7.97. The van der Waals surface area contributed by atoms with Gasteiger partial charge in [0.1, 0.15) is 0 Å². The van der Waals surface area contributed by atoms with E-state index in [9.17, 15) is 4.79 Å². The summed E-state index contributed by atoms with van der Waals surface area (Å²) in [5, 5.41) is 4.99. The Morgan fingerprint density at radius 3 is 2.82 bits per heavy atom. The number of hydrogen-bond donors (Lipinski definition) is 1. The summed E-state index contributed by atoms with van der Waals surface area (Å²) in [6.07, 6.45) is 6.13. The van der Waals surface area contributed by atoms with Crippen molar-refractivity contribution >= 4 is 34.3 Å². The summed E-state index contributed by atoms with van der Waals surface area (Å²) < 4.78 is 0. The van der Waals surface area contributed by atoms with Gasteiger partial charge in [-0.05, 0) is 58.0 Å². The summed E-state index contributed by atoms with van der Waals surface area (Å²) in [5.74, 6) is 6.68. The Morgan fingerprint density at radius 1 is 1.14 bits per heavy atom. The SMILES string of the molecule is Cc1scc2c1N(CC#CCCCN1CCCCC1)c1ccccc1NC2=O. The Hall–Kier alpha value is -2.29. The van der Waals surface area contributed by atoms with Gasteiger partial charge in [-0.2, -0.15) is 0 Å². The van der Waals surface area contributed by atoms with Gasteiger partial charge in [-0.1, -0.05) is 24.5 Å². The first-order chi connectivity index (χ1) is 13.7. The van der Waals surface area contributed by atoms with Gasteiger partial charge in [-0.25, -0.2) is 0 Å². The van der Waals surface area contributed by atoms with Gasteiger partial charge >= 0.3 is 0 Å². The van der Waals surface area contributed by atoms with Crippen LogP contribution in [-0.4, -0.2) is 37.0 Å². The Labute approximate surface area is 171 Å². The molecular weight excluding hydrogens is 366 g/mol. The van der Waals surface area contributed by atoms with Crippen molar-refractivity contribution in [1.29, 1.82) is 0 Å². The molecule has 146 valence electrons. The maximum atomic E-state index is 12.6. The third-order valence-corrected chi connectivity index (χ3v) is 6.39. The van der Waals surface area contributed by atoms with Crippen molar-refractivity contribution in [2.24, 2.45) is 0 Å². The maximum absolute atomic E-state index is 12.6. The van der Waals surface area contributed by atoms with Crippen LogP contribution in [-0.2, 0) is 0 Å². The van der Waals surface area contributed by atoms with E-state index in [0.717, 1.165) is 46.9 Å². The normalized spacial score (nSPS) is 16.5. The van der Waals surface area contributed by atoms with E-state index in [1.807, 2.05) is 23.6 Å². The van der Waals surface area contributed by atoms with Gasteiger partial charge in [0.2, 0.25) is 0 Å². The molecule has 2 aliphatic heterocycles. The topological polar surface area (TPSA) is 35.6 Å². The minimum absolute atomic E-state index is 0.0382. The number of nitrogens with one attached hydrogen (secondary N) is 1. The number of carbonyl (C=O) groups is 1. The Balaban J connectivity index is 1.46. The third-order valence-electron chi connectivity index (χ3n) is 5.49. The number of anilines is 3. The summed E-state index contributed by atoms with van der Waals surface area (Å²) >= 11 is 1.62. The number of aryl methyl sites for hydroxylation is 1. The standard InChI is InChI=1S/C23H27N3OS/c1-18-22-19(17-28-18)23(27)24-20-11-5-6-12-21(20)26(22)16-10-3-2-7-13-25-14-8-4-9-15-25/h5-6,11-12,17H,2,4,7-9,13-16H2,1H3,(H,24,27). The minimum Gasteiger partial charge on any atom is -0.326 e. The highest BCUT2D eigenvalue weighted by atomic mass is 32.1. The molecule has 2 aliphatic rings. The molecular formula is C23H27N3OS. The number of likely N-dealkylation sites (tertiary alicyclic amines) is 1. The fourth-order valence-electron chi connectivity index (χ4n) is 4.03. The van der Waals surface area contributed by atoms with Crippen molar-refractivity contribution < 1.29 is 4.79 Å². The minimum atomic E-state index is -0.0382. The van der Waals surface area contributed by atoms with Crippen LogP contribution >= 0.6 is 11.3 Å². The predicted octanol–water partition coefficient (Wildman–Crippen LogP) is 5.03. The van der Waals surface area contributed by atoms with Crippen molar-refractivity contribution in [1.82, 2.24) is 4.90 Å². The molecule has 0 spiro atoms. The third kappa shape index (κ3) is 4.09. The van der Waals surface area contributed by atoms with Crippen LogP contribution in [0.25, 0.3) is 0 Å². The van der Waals surface area contributed by atoms with Crippen LogP contribution in [0.2, 0.25) is 0 Å². The first-order valence-corrected chi connectivity index (χ1v) is 11.1. The first kappa shape index (κ1) is 19.0. The molecule has 1 saturated heterocycles. The first-order valence-electron chi connectivity index (χ1n) is 10.2. The molecule has 1 amide bonds. The molecule has 1 aromatic heterocycles. The molecule has 0 unspecified atom stereocenters. The fraction of sp³-hybridized carbons (Fsp3) is 0.435. The molecule has 0 aliphatic carbocycles. The molecule has 0 bridgehead atoms. The van der Waals surface area contributed by atoms with Crippen LogP contribution in [0.1, 0.15) is 47.3 Å². The van der Waals surface area contributed by atoms with Gasteiger partial charge in [0.15, 0.2) is 0 Å². The Kier molecular flexibility index (Phi) is 5.99. The lowest BCUT2D eigenvalue weighted by atomic mass is 10.1. The van der Waals surface area contributed by atoms with Gasteiger partial charge in [0, 0.05) is 16.7 Å². The van der Waals surface area contributed by atoms with Crippen molar-refractivity contribution in [2.45, 2.75) is 39.0 Å². The number of hydrogen-bond acceptors (Lipinski definition) is 4. The lowest BCUT2D eigenvalue weighted by Crippen LogP contribution is -2.30. The lowest BCUT2D eigenvalue weighted by Gasteiger charge is -2.25. The second-order valence-corrected chi connectivity index (χ2v) is 8.55. The zero-order chi connectivity index (χ0) is 19.3. The number of benzene rings is 1. The zero-order valence-corrected chi connectivity index (χ0v) is 17.3. The smallest absolute Gasteiger partial charge is 0.258 e. The fourth-order valence-corrected chi connectivity index (χ4v) is 4.88. The Morgan fingerprint density at radius 2 is 1.96 bits per heavy atom. The van der Waals surface area contributed by atoms with Gasteiger partial charge in [0.05, 0.1) is 29.2 Å². The highest BCUT2D eigenvalue weighted by Gasteiger charge is 2.27. The number of fused-ring (bicyclic) bond motifs is 2. The molecule has 0 saturated carbocycles. The van der Waals surface area contributed by atoms with E-state index in [4.69, 9.17) is 0 Å². The summed E-state index contributed by atoms with van der Waals surface area (Å²) in [5.41, 5.74) is 3.60. The van der Waals surface area contributed by atoms with Crippen LogP contribution in [0.15, 0.2) is 29.6 Å². The highest BCUT2D eigenvalue weighted by Crippen LogP contribution is 2.41. The summed E-state index contributed by atoms with van der Waals surface area (Å²) in [4.78, 5) is 18.5. The monoisotopic (exact) mass is 393 g/mol. The molecule has 5 heteroatoms. The second-order valence-electron chi connectivity index (χ2n) is 7.47. The average molecular weight is 394 g/mol. The number of piperidine rings is 1. The zero-order valence-electron chi connectivity index (χ0n) is 16.5. The highest BCUT2D eigenvalue weighted by molar-refractivity contribution is 7.10. The second kappa shape index (κ2) is 8.81. The maximum Gasteiger partial charge on any atom is 0.258 e. The number of carbonyl (C=O) groups excluding carboxylic acids is 1. The van der Waals surface area contributed by atoms with E-state index in [-0.39, 0.29) is 5.91 Å². The van der Waals surface area contributed by atoms with Crippen molar-refractivity contribution in [2.75, 3.05) is 36.4 Å². The average Bonchev–Trinajstić information content (AvgIpc) is 3.05. The summed E-state index contributed by atoms with van der Waals surface area (Å²) in [6.45, 7) is 6.33. The van der Waals surface area contributed by atoms with E-state index >= 15 is 0 Å². The van der Waals surface area contributed by atoms with E-state index in [0.29, 0.717) is 6.54 Å². The lowest BCUT2D eigenvalue weighted by molar-refractivity contribution is 0.102. The molecule has 4 nitrogen and oxygen atoms in total. The molecule has 1 N–H and O–H groups in total. The van der Waals surface area contributed by atoms with Gasteiger partial charge in [-0.15, -0.1) is 17.3 Å². The molecule has 1 fully saturated rings. The number of rotatable bonds is 4. The molecule has 28 heavy (non-hydrogen) atoms. The molecule has 1 aromatic carbocycles. The van der Waals surface area contributed by atoms with E-state index in [1.54, 1.807) is 11.3 Å². The van der Waals surface area contributed by atoms with Gasteiger partial charge in [-0.3, -0.25) is 4.79 Å². The van der Waals surface area contributed by atoms with Gasteiger partial charge in [0.25, 0.3) is 5.91 Å². The van der Waals surface area contributed by atoms with Crippen LogP contribution in [0, 0.1) is 18.8 Å². The van der Waals surface area contributed by atoms with E-state index in [1.165, 1.54) is 32.4 Å². The molecule has 4 rings (SSSR count). The van der Waals surface area contributed by atoms with Gasteiger partial charge < -0.3 is 15.1 Å². The number of amides is 1. The van der Waals surface area contributed by atoms with Crippen LogP contribution in [0.5, 0.6) is 0 Å². The number of unbranched alkanes of at least 4 members (excludes halogenated alkanes) is 1. The molecule has 0 atom stereocenters. The largest absolute Gasteiger partial charge is 0.326 e. The number of para-hydroxylation sites is 2. The quantitative estimate of drug-likeness (QED) is 0.584. The van der Waals surface area contributed by atoms with E-state index < -0.39 is 0 Å². The Bertz CT molecular complexity index is 902. The molecule has 0 radical (unpaired) electrons. The van der Waals surface area contributed by atoms with E-state index in [2.05, 4.69) is 39.9 Å². The van der Waals surface area contributed by atoms with Crippen molar-refractivity contribution in [3.05, 3.63) is 40.1 Å². The van der Waals surface area contributed by atoms with Crippen molar-refractivity contribution in [3.63, 3.8) is 0 Å². The van der Waals surface area contributed by atoms with Crippen LogP contribution in [0.3, 0.4) is 0 Å². The summed E-state index contributed by atoms with van der Waals surface area (Å²) in [7, 11) is 0. The van der Waals surface area contributed by atoms with Crippen LogP contribution < -0.4 is 10.2 Å². The van der Waals surface area contributed by atoms with Crippen molar-refractivity contribution in [3.8, 4) is 11.8 Å². The molecule has 3 heterocycles.